The van der Waals surface area contributed by atoms with Crippen molar-refractivity contribution in [2.75, 3.05) is 19.7 Å². The first-order chi connectivity index (χ1) is 15.3. The van der Waals surface area contributed by atoms with Crippen molar-refractivity contribution in [3.8, 4) is 5.75 Å². The highest BCUT2D eigenvalue weighted by molar-refractivity contribution is 7.97. The molecule has 1 saturated heterocycles. The van der Waals surface area contributed by atoms with Gasteiger partial charge in [0.2, 0.25) is 6.41 Å². The summed E-state index contributed by atoms with van der Waals surface area (Å²) < 4.78 is 21.0. The van der Waals surface area contributed by atoms with Gasteiger partial charge < -0.3 is 10.1 Å². The van der Waals surface area contributed by atoms with Gasteiger partial charge in [-0.05, 0) is 73.4 Å². The lowest BCUT2D eigenvalue weighted by atomic mass is 9.91. The van der Waals surface area contributed by atoms with Gasteiger partial charge in [-0.2, -0.15) is 0 Å². The third kappa shape index (κ3) is 10.7. The van der Waals surface area contributed by atoms with Gasteiger partial charge in [0.1, 0.15) is 0 Å². The second kappa shape index (κ2) is 13.7. The minimum absolute atomic E-state index is 0.276. The van der Waals surface area contributed by atoms with Gasteiger partial charge in [0, 0.05) is 41.4 Å². The van der Waals surface area contributed by atoms with E-state index in [4.69, 9.17) is 16.3 Å². The van der Waals surface area contributed by atoms with Crippen molar-refractivity contribution in [1.29, 1.82) is 0 Å². The quantitative estimate of drug-likeness (QED) is 0.285. The summed E-state index contributed by atoms with van der Waals surface area (Å²) in [7, 11) is 0. The van der Waals surface area contributed by atoms with Gasteiger partial charge in [-0.25, -0.2) is 8.70 Å². The van der Waals surface area contributed by atoms with Crippen molar-refractivity contribution < 1.29 is 13.9 Å². The third-order valence-electron chi connectivity index (χ3n) is 4.85. The molecule has 1 N–H and O–H groups in total. The Labute approximate surface area is 200 Å². The Bertz CT molecular complexity index is 813. The number of carbonyl (C=O) groups excluding carboxylic acids is 1. The van der Waals surface area contributed by atoms with E-state index in [0.29, 0.717) is 23.1 Å². The van der Waals surface area contributed by atoms with Crippen LogP contribution in [-0.2, 0) is 4.79 Å². The molecule has 176 valence electrons. The fourth-order valence-electron chi connectivity index (χ4n) is 3.14. The summed E-state index contributed by atoms with van der Waals surface area (Å²) in [6.07, 6.45) is 8.48. The molecular weight excluding hydrogens is 449 g/mol. The van der Waals surface area contributed by atoms with E-state index in [2.05, 4.69) is 41.4 Å². The van der Waals surface area contributed by atoms with Gasteiger partial charge >= 0.3 is 0 Å². The number of hydrogen-bond donors (Lipinski definition) is 1. The molecule has 0 unspecified atom stereocenters. The number of hydrogen-bond acceptors (Lipinski definition) is 5. The summed E-state index contributed by atoms with van der Waals surface area (Å²) >= 11 is 7.38. The van der Waals surface area contributed by atoms with Crippen molar-refractivity contribution in [2.45, 2.75) is 57.4 Å². The molecule has 5 nitrogen and oxygen atoms in total. The van der Waals surface area contributed by atoms with Crippen LogP contribution in [0.25, 0.3) is 0 Å². The van der Waals surface area contributed by atoms with E-state index in [-0.39, 0.29) is 5.75 Å². The molecule has 1 aromatic heterocycles. The van der Waals surface area contributed by atoms with Crippen molar-refractivity contribution in [2.24, 2.45) is 5.41 Å². The summed E-state index contributed by atoms with van der Waals surface area (Å²) in [6, 6.07) is 8.82. The number of nitrogens with one attached hydrogen (secondary N) is 1. The van der Waals surface area contributed by atoms with E-state index in [0.717, 1.165) is 45.2 Å². The molecule has 1 aliphatic heterocycles. The van der Waals surface area contributed by atoms with Crippen molar-refractivity contribution in [3.63, 3.8) is 0 Å². The molecule has 2 aromatic rings. The van der Waals surface area contributed by atoms with Crippen LogP contribution in [0.2, 0.25) is 5.02 Å². The van der Waals surface area contributed by atoms with Crippen molar-refractivity contribution in [3.05, 3.63) is 53.6 Å². The van der Waals surface area contributed by atoms with Crippen molar-refractivity contribution in [1.82, 2.24) is 14.6 Å². The first kappa shape index (κ1) is 26.4. The van der Waals surface area contributed by atoms with Gasteiger partial charge in [-0.3, -0.25) is 9.78 Å². The number of nitrogens with zero attached hydrogens (tertiary/aromatic N) is 2. The van der Waals surface area contributed by atoms with Crippen LogP contribution >= 0.6 is 23.5 Å². The normalized spacial score (nSPS) is 14.9. The molecule has 0 radical (unpaired) electrons. The first-order valence-corrected chi connectivity index (χ1v) is 12.0. The molecule has 3 rings (SSSR count). The molecule has 1 aromatic carbocycles. The van der Waals surface area contributed by atoms with Crippen LogP contribution in [0.1, 0.15) is 46.5 Å². The lowest BCUT2D eigenvalue weighted by Gasteiger charge is -2.30. The summed E-state index contributed by atoms with van der Waals surface area (Å²) in [5.74, 6) is -0.124. The van der Waals surface area contributed by atoms with Crippen molar-refractivity contribution >= 4 is 30.0 Å². The molecule has 8 heteroatoms. The molecule has 32 heavy (non-hydrogen) atoms. The smallest absolute Gasteiger partial charge is 0.207 e. The van der Waals surface area contributed by atoms with Crippen LogP contribution in [0.15, 0.2) is 47.6 Å². The van der Waals surface area contributed by atoms with Gasteiger partial charge in [-0.15, -0.1) is 0 Å². The van der Waals surface area contributed by atoms with Crippen LogP contribution in [0, 0.1) is 11.2 Å². The Morgan fingerprint density at radius 1 is 1.31 bits per heavy atom. The highest BCUT2D eigenvalue weighted by Crippen LogP contribution is 2.25. The summed E-state index contributed by atoms with van der Waals surface area (Å²) in [5, 5.41) is 3.23. The largest absolute Gasteiger partial charge is 0.491 e. The van der Waals surface area contributed by atoms with E-state index in [1.165, 1.54) is 11.0 Å². The Morgan fingerprint density at radius 3 is 2.66 bits per heavy atom. The van der Waals surface area contributed by atoms with E-state index in [9.17, 15) is 9.18 Å². The SMILES string of the molecule is CC(C)(C)CCCOc1ccc(Cl)cc1F.O=CNC1CCN(Sc2cccnc2)CC1. The van der Waals surface area contributed by atoms with Gasteiger partial charge in [0.25, 0.3) is 0 Å². The number of pyridine rings is 1. The van der Waals surface area contributed by atoms with Crippen LogP contribution in [0.5, 0.6) is 5.75 Å². The highest BCUT2D eigenvalue weighted by Gasteiger charge is 2.19. The first-order valence-electron chi connectivity index (χ1n) is 10.9. The number of amides is 1. The van der Waals surface area contributed by atoms with Gasteiger partial charge in [0.05, 0.1) is 6.61 Å². The Hall–Kier alpha value is -1.83. The average molecular weight is 482 g/mol. The molecule has 0 spiro atoms. The summed E-state index contributed by atoms with van der Waals surface area (Å²) in [4.78, 5) is 15.6. The molecule has 1 amide bonds. The zero-order chi connectivity index (χ0) is 23.4. The Kier molecular flexibility index (Phi) is 11.3. The molecule has 1 aliphatic rings. The minimum Gasteiger partial charge on any atom is -0.491 e. The maximum atomic E-state index is 13.3. The van der Waals surface area contributed by atoms with E-state index in [1.807, 2.05) is 12.3 Å². The number of ether oxygens (including phenoxy) is 1. The average Bonchev–Trinajstić information content (AvgIpc) is 2.75. The lowest BCUT2D eigenvalue weighted by molar-refractivity contribution is -0.110. The highest BCUT2D eigenvalue weighted by atomic mass is 35.5. The lowest BCUT2D eigenvalue weighted by Crippen LogP contribution is -2.39. The Balaban J connectivity index is 0.000000227. The van der Waals surface area contributed by atoms with Gasteiger partial charge in [0.15, 0.2) is 11.6 Å². The molecule has 0 saturated carbocycles. The maximum absolute atomic E-state index is 13.3. The predicted octanol–water partition coefficient (Wildman–Crippen LogP) is 5.98. The fourth-order valence-corrected chi connectivity index (χ4v) is 4.23. The molecule has 2 heterocycles. The summed E-state index contributed by atoms with van der Waals surface area (Å²) in [5.41, 5.74) is 0.294. The standard InChI is InChI=1S/C13H18ClFO.C11H15N3OS/c1-13(2,3)7-4-8-16-12-6-5-10(14)9-11(12)15;15-9-13-10-3-6-14(7-4-10)16-11-2-1-5-12-8-11/h5-6,9H,4,7-8H2,1-3H3;1-2,5,8-10H,3-4,6-7H2,(H,13,15). The second-order valence-corrected chi connectivity index (χ2v) is 10.5. The van der Waals surface area contributed by atoms with Crippen LogP contribution in [-0.4, -0.2) is 41.4 Å². The molecule has 0 bridgehead atoms. The van der Waals surface area contributed by atoms with E-state index < -0.39 is 5.82 Å². The number of halogens is 2. The summed E-state index contributed by atoms with van der Waals surface area (Å²) in [6.45, 7) is 9.08. The minimum atomic E-state index is -0.400. The zero-order valence-electron chi connectivity index (χ0n) is 19.0. The van der Waals surface area contributed by atoms with Crippen LogP contribution < -0.4 is 10.1 Å². The topological polar surface area (TPSA) is 54.5 Å². The van der Waals surface area contributed by atoms with E-state index >= 15 is 0 Å². The second-order valence-electron chi connectivity index (χ2n) is 8.86. The number of rotatable bonds is 8. The number of aromatic nitrogens is 1. The monoisotopic (exact) mass is 481 g/mol. The van der Waals surface area contributed by atoms with Crippen LogP contribution in [0.3, 0.4) is 0 Å². The predicted molar refractivity (Wildman–Crippen MR) is 129 cm³/mol. The number of carbonyl (C=O) groups is 1. The number of benzene rings is 1. The number of piperidine rings is 1. The zero-order valence-corrected chi connectivity index (χ0v) is 20.6. The Morgan fingerprint density at radius 2 is 2.06 bits per heavy atom. The molecule has 0 atom stereocenters. The maximum Gasteiger partial charge on any atom is 0.207 e. The fraction of sp³-hybridized carbons (Fsp3) is 0.500. The van der Waals surface area contributed by atoms with Gasteiger partial charge in [-0.1, -0.05) is 32.4 Å². The molecule has 1 fully saturated rings. The molecule has 0 aliphatic carbocycles. The third-order valence-corrected chi connectivity index (χ3v) is 6.16. The van der Waals surface area contributed by atoms with E-state index in [1.54, 1.807) is 30.3 Å². The molecular formula is C24H33ClFN3O2S. The van der Waals surface area contributed by atoms with Crippen LogP contribution in [0.4, 0.5) is 4.39 Å².